The number of carbonyl (C=O) groups is 1. The molecule has 0 unspecified atom stereocenters. The fourth-order valence-electron chi connectivity index (χ4n) is 1.40. The molecule has 0 amide bonds. The summed E-state index contributed by atoms with van der Waals surface area (Å²) in [6.45, 7) is 2.08. The van der Waals surface area contributed by atoms with E-state index in [1.165, 1.54) is 25.3 Å². The highest BCUT2D eigenvalue weighted by atomic mass is 16.6. The van der Waals surface area contributed by atoms with E-state index in [1.54, 1.807) is 0 Å². The summed E-state index contributed by atoms with van der Waals surface area (Å²) in [5, 5.41) is 10.6. The molecule has 0 aliphatic heterocycles. The van der Waals surface area contributed by atoms with Crippen molar-refractivity contribution in [3.05, 3.63) is 28.3 Å². The molecule has 0 bridgehead atoms. The zero-order valence-corrected chi connectivity index (χ0v) is 11.5. The number of nitro benzene ring substituents is 1. The number of hydrogen-bond acceptors (Lipinski definition) is 6. The molecular weight excluding hydrogens is 266 g/mol. The van der Waals surface area contributed by atoms with Gasteiger partial charge in [0.25, 0.3) is 5.69 Å². The molecule has 0 spiro atoms. The summed E-state index contributed by atoms with van der Waals surface area (Å²) in [5.41, 5.74) is -0.111. The number of nitro groups is 1. The van der Waals surface area contributed by atoms with Crippen LogP contribution in [0.3, 0.4) is 0 Å². The Morgan fingerprint density at radius 2 is 2.10 bits per heavy atom. The van der Waals surface area contributed by atoms with E-state index in [9.17, 15) is 14.9 Å². The quantitative estimate of drug-likeness (QED) is 0.315. The summed E-state index contributed by atoms with van der Waals surface area (Å²) in [5.74, 6) is -0.0371. The molecule has 0 saturated heterocycles. The zero-order valence-electron chi connectivity index (χ0n) is 11.5. The second-order valence-corrected chi connectivity index (χ2v) is 3.95. The first-order chi connectivity index (χ1) is 9.58. The third-order valence-electron chi connectivity index (χ3n) is 2.46. The van der Waals surface area contributed by atoms with E-state index in [0.717, 1.165) is 12.8 Å². The van der Waals surface area contributed by atoms with E-state index in [1.807, 2.05) is 6.92 Å². The highest BCUT2D eigenvalue weighted by Gasteiger charge is 2.13. The van der Waals surface area contributed by atoms with Gasteiger partial charge in [-0.2, -0.15) is 0 Å². The van der Waals surface area contributed by atoms with E-state index >= 15 is 0 Å². The maximum atomic E-state index is 11.4. The van der Waals surface area contributed by atoms with Crippen LogP contribution in [-0.4, -0.2) is 31.2 Å². The number of rotatable bonds is 8. The lowest BCUT2D eigenvalue weighted by Gasteiger charge is -2.10. The first-order valence-electron chi connectivity index (χ1n) is 6.19. The number of benzene rings is 1. The lowest BCUT2D eigenvalue weighted by molar-refractivity contribution is -0.384. The Hall–Kier alpha value is -2.31. The standard InChI is InChI=1S/C13H17NO6/c1-3-4-7-19-13(15)9-20-11-6-5-10(14(16)17)8-12(11)18-2/h5-6,8H,3-4,7,9H2,1-2H3. The molecule has 0 aliphatic carbocycles. The fourth-order valence-corrected chi connectivity index (χ4v) is 1.40. The van der Waals surface area contributed by atoms with Crippen LogP contribution in [0.25, 0.3) is 0 Å². The van der Waals surface area contributed by atoms with E-state index in [2.05, 4.69) is 0 Å². The molecule has 0 fully saturated rings. The van der Waals surface area contributed by atoms with Crippen LogP contribution in [0.15, 0.2) is 18.2 Å². The lowest BCUT2D eigenvalue weighted by atomic mass is 10.3. The molecule has 0 heterocycles. The summed E-state index contributed by atoms with van der Waals surface area (Å²) in [4.78, 5) is 21.5. The third kappa shape index (κ3) is 4.75. The molecule has 0 aromatic heterocycles. The molecule has 0 aliphatic rings. The number of carbonyl (C=O) groups excluding carboxylic acids is 1. The van der Waals surface area contributed by atoms with Crippen molar-refractivity contribution in [1.82, 2.24) is 0 Å². The first-order valence-corrected chi connectivity index (χ1v) is 6.19. The summed E-state index contributed by atoms with van der Waals surface area (Å²) in [7, 11) is 1.37. The molecule has 0 radical (unpaired) electrons. The van der Waals surface area contributed by atoms with Crippen LogP contribution in [-0.2, 0) is 9.53 Å². The number of methoxy groups -OCH3 is 1. The summed E-state index contributed by atoms with van der Waals surface area (Å²) in [6.07, 6.45) is 1.73. The van der Waals surface area contributed by atoms with Crippen molar-refractivity contribution in [3.8, 4) is 11.5 Å². The van der Waals surface area contributed by atoms with Gasteiger partial charge in [0, 0.05) is 6.07 Å². The lowest BCUT2D eigenvalue weighted by Crippen LogP contribution is -2.15. The van der Waals surface area contributed by atoms with Crippen LogP contribution in [0.4, 0.5) is 5.69 Å². The van der Waals surface area contributed by atoms with Gasteiger partial charge in [0.05, 0.1) is 24.7 Å². The van der Waals surface area contributed by atoms with Crippen LogP contribution in [0, 0.1) is 10.1 Å². The predicted molar refractivity (Wildman–Crippen MR) is 71.0 cm³/mol. The average Bonchev–Trinajstić information content (AvgIpc) is 2.45. The van der Waals surface area contributed by atoms with E-state index in [-0.39, 0.29) is 23.8 Å². The van der Waals surface area contributed by atoms with Crippen LogP contribution in [0.2, 0.25) is 0 Å². The van der Waals surface area contributed by atoms with E-state index in [0.29, 0.717) is 6.61 Å². The first kappa shape index (κ1) is 15.7. The number of nitrogens with zero attached hydrogens (tertiary/aromatic N) is 1. The van der Waals surface area contributed by atoms with Gasteiger partial charge in [-0.05, 0) is 12.5 Å². The second kappa shape index (κ2) is 7.98. The Kier molecular flexibility index (Phi) is 6.28. The van der Waals surface area contributed by atoms with Crippen LogP contribution < -0.4 is 9.47 Å². The molecule has 1 aromatic rings. The summed E-state index contributed by atoms with van der Waals surface area (Å²) < 4.78 is 15.1. The molecule has 0 saturated carbocycles. The smallest absolute Gasteiger partial charge is 0.344 e. The molecular formula is C13H17NO6. The number of unbranched alkanes of at least 4 members (excludes halogenated alkanes) is 1. The Morgan fingerprint density at radius 3 is 2.70 bits per heavy atom. The van der Waals surface area contributed by atoms with Gasteiger partial charge < -0.3 is 14.2 Å². The third-order valence-corrected chi connectivity index (χ3v) is 2.46. The average molecular weight is 283 g/mol. The minimum atomic E-state index is -0.536. The summed E-state index contributed by atoms with van der Waals surface area (Å²) >= 11 is 0. The van der Waals surface area contributed by atoms with Gasteiger partial charge >= 0.3 is 5.97 Å². The monoisotopic (exact) mass is 283 g/mol. The van der Waals surface area contributed by atoms with Crippen LogP contribution in [0.5, 0.6) is 11.5 Å². The Bertz CT molecular complexity index is 474. The highest BCUT2D eigenvalue weighted by molar-refractivity contribution is 5.71. The normalized spacial score (nSPS) is 9.90. The molecule has 0 N–H and O–H groups in total. The maximum Gasteiger partial charge on any atom is 0.344 e. The van der Waals surface area contributed by atoms with Crippen molar-refractivity contribution in [3.63, 3.8) is 0 Å². The van der Waals surface area contributed by atoms with Crippen molar-refractivity contribution in [2.45, 2.75) is 19.8 Å². The van der Waals surface area contributed by atoms with Gasteiger partial charge in [0.15, 0.2) is 18.1 Å². The SMILES string of the molecule is CCCCOC(=O)COc1ccc([N+](=O)[O-])cc1OC. The predicted octanol–water partition coefficient (Wildman–Crippen LogP) is 2.33. The van der Waals surface area contributed by atoms with E-state index in [4.69, 9.17) is 14.2 Å². The Labute approximate surface area is 116 Å². The van der Waals surface area contributed by atoms with Crippen molar-refractivity contribution in [2.75, 3.05) is 20.3 Å². The zero-order chi connectivity index (χ0) is 15.0. The number of non-ortho nitro benzene ring substituents is 1. The number of ether oxygens (including phenoxy) is 3. The second-order valence-electron chi connectivity index (χ2n) is 3.95. The van der Waals surface area contributed by atoms with Gasteiger partial charge in [0.2, 0.25) is 0 Å². The minimum absolute atomic E-state index is 0.111. The molecule has 7 nitrogen and oxygen atoms in total. The van der Waals surface area contributed by atoms with Gasteiger partial charge in [-0.3, -0.25) is 10.1 Å². The Morgan fingerprint density at radius 1 is 1.35 bits per heavy atom. The van der Waals surface area contributed by atoms with Crippen molar-refractivity contribution in [1.29, 1.82) is 0 Å². The van der Waals surface area contributed by atoms with E-state index < -0.39 is 10.9 Å². The molecule has 1 rings (SSSR count). The van der Waals surface area contributed by atoms with Gasteiger partial charge in [-0.15, -0.1) is 0 Å². The van der Waals surface area contributed by atoms with Gasteiger partial charge in [0.1, 0.15) is 0 Å². The van der Waals surface area contributed by atoms with Crippen LogP contribution in [0.1, 0.15) is 19.8 Å². The van der Waals surface area contributed by atoms with Crippen molar-refractivity contribution in [2.24, 2.45) is 0 Å². The van der Waals surface area contributed by atoms with Gasteiger partial charge in [-0.1, -0.05) is 13.3 Å². The molecule has 7 heteroatoms. The molecule has 0 atom stereocenters. The number of esters is 1. The Balaban J connectivity index is 2.59. The topological polar surface area (TPSA) is 87.9 Å². The highest BCUT2D eigenvalue weighted by Crippen LogP contribution is 2.30. The fraction of sp³-hybridized carbons (Fsp3) is 0.462. The minimum Gasteiger partial charge on any atom is -0.493 e. The molecule has 110 valence electrons. The van der Waals surface area contributed by atoms with Crippen LogP contribution >= 0.6 is 0 Å². The maximum absolute atomic E-state index is 11.4. The van der Waals surface area contributed by atoms with Gasteiger partial charge in [-0.25, -0.2) is 4.79 Å². The number of hydrogen-bond donors (Lipinski definition) is 0. The molecule has 1 aromatic carbocycles. The molecule has 20 heavy (non-hydrogen) atoms. The largest absolute Gasteiger partial charge is 0.493 e. The van der Waals surface area contributed by atoms with Crippen molar-refractivity contribution >= 4 is 11.7 Å². The van der Waals surface area contributed by atoms with Crippen molar-refractivity contribution < 1.29 is 23.9 Å². The summed E-state index contributed by atoms with van der Waals surface area (Å²) in [6, 6.07) is 3.90.